The van der Waals surface area contributed by atoms with Crippen LogP contribution in [0.25, 0.3) is 5.69 Å². The van der Waals surface area contributed by atoms with Crippen molar-refractivity contribution in [3.05, 3.63) is 46.7 Å². The van der Waals surface area contributed by atoms with Crippen molar-refractivity contribution in [2.24, 2.45) is 0 Å². The Morgan fingerprint density at radius 2 is 1.86 bits per heavy atom. The summed E-state index contributed by atoms with van der Waals surface area (Å²) in [7, 11) is 0. The maximum atomic E-state index is 13.2. The summed E-state index contributed by atoms with van der Waals surface area (Å²) in [6, 6.07) is 4.96. The first-order chi connectivity index (χ1) is 13.9. The van der Waals surface area contributed by atoms with Gasteiger partial charge in [-0.25, -0.2) is 4.68 Å². The molecule has 4 rings (SSSR count). The van der Waals surface area contributed by atoms with Crippen molar-refractivity contribution in [2.75, 3.05) is 5.32 Å². The topological polar surface area (TPSA) is 85.6 Å². The van der Waals surface area contributed by atoms with Crippen LogP contribution in [0.1, 0.15) is 59.1 Å². The minimum atomic E-state index is -4.55. The number of nitrogens with zero attached hydrogens (tertiary/aromatic N) is 5. The number of anilines is 1. The summed E-state index contributed by atoms with van der Waals surface area (Å²) in [6.45, 7) is 0. The molecule has 3 aromatic rings. The van der Waals surface area contributed by atoms with Crippen LogP contribution in [-0.2, 0) is 6.18 Å². The van der Waals surface area contributed by atoms with Crippen LogP contribution in [0.4, 0.5) is 18.3 Å². The van der Waals surface area contributed by atoms with Crippen LogP contribution in [0.2, 0.25) is 0 Å². The fourth-order valence-electron chi connectivity index (χ4n) is 3.36. The molecule has 152 valence electrons. The van der Waals surface area contributed by atoms with Gasteiger partial charge in [0.15, 0.2) is 5.69 Å². The maximum Gasteiger partial charge on any atom is 0.418 e. The Labute approximate surface area is 168 Å². The quantitative estimate of drug-likeness (QED) is 0.672. The molecule has 1 saturated carbocycles. The number of carbonyl (C=O) groups is 1. The average Bonchev–Trinajstić information content (AvgIpc) is 3.38. The Morgan fingerprint density at radius 1 is 1.10 bits per heavy atom. The molecule has 0 bridgehead atoms. The van der Waals surface area contributed by atoms with Gasteiger partial charge >= 0.3 is 6.18 Å². The van der Waals surface area contributed by atoms with Crippen molar-refractivity contribution in [3.8, 4) is 5.69 Å². The summed E-state index contributed by atoms with van der Waals surface area (Å²) in [5.74, 6) is -0.237. The van der Waals surface area contributed by atoms with E-state index < -0.39 is 17.6 Å². The summed E-state index contributed by atoms with van der Waals surface area (Å²) < 4.78 is 40.5. The third-order valence-electron chi connectivity index (χ3n) is 4.80. The number of hydrogen-bond donors (Lipinski definition) is 1. The highest BCUT2D eigenvalue weighted by atomic mass is 32.1. The highest BCUT2D eigenvalue weighted by Gasteiger charge is 2.34. The van der Waals surface area contributed by atoms with Gasteiger partial charge in [0, 0.05) is 5.92 Å². The molecular weight excluding hydrogens is 405 g/mol. The predicted octanol–water partition coefficient (Wildman–Crippen LogP) is 4.44. The number of benzene rings is 1. The van der Waals surface area contributed by atoms with Gasteiger partial charge in [-0.15, -0.1) is 15.3 Å². The van der Waals surface area contributed by atoms with E-state index in [0.29, 0.717) is 11.0 Å². The van der Waals surface area contributed by atoms with E-state index in [9.17, 15) is 18.0 Å². The monoisotopic (exact) mass is 422 g/mol. The smallest absolute Gasteiger partial charge is 0.295 e. The van der Waals surface area contributed by atoms with Crippen LogP contribution in [-0.4, -0.2) is 31.1 Å². The van der Waals surface area contributed by atoms with E-state index in [1.807, 2.05) is 0 Å². The minimum Gasteiger partial charge on any atom is -0.295 e. The standard InChI is InChI=1S/C18H17F3N6OS/c19-18(20,21)12-8-4-5-9-14(12)27-10-13(23-26-27)15(28)22-17-25-24-16(29-17)11-6-2-1-3-7-11/h4-5,8-11H,1-3,6-7H2,(H,22,25,28). The highest BCUT2D eigenvalue weighted by molar-refractivity contribution is 7.15. The number of alkyl halides is 3. The zero-order chi connectivity index (χ0) is 20.4. The SMILES string of the molecule is O=C(Nc1nnc(C2CCCCC2)s1)c1cn(-c2ccccc2C(F)(F)F)nn1. The molecule has 11 heteroatoms. The highest BCUT2D eigenvalue weighted by Crippen LogP contribution is 2.35. The second-order valence-corrected chi connectivity index (χ2v) is 7.81. The molecule has 1 amide bonds. The molecule has 29 heavy (non-hydrogen) atoms. The number of amides is 1. The molecule has 1 N–H and O–H groups in total. The van der Waals surface area contributed by atoms with Crippen LogP contribution >= 0.6 is 11.3 Å². The van der Waals surface area contributed by atoms with Crippen LogP contribution < -0.4 is 5.32 Å². The number of para-hydroxylation sites is 1. The first-order valence-electron chi connectivity index (χ1n) is 9.15. The second-order valence-electron chi connectivity index (χ2n) is 6.80. The lowest BCUT2D eigenvalue weighted by Crippen LogP contribution is -2.12. The fraction of sp³-hybridized carbons (Fsp3) is 0.389. The summed E-state index contributed by atoms with van der Waals surface area (Å²) in [6.07, 6.45) is 2.29. The number of carbonyl (C=O) groups excluding carboxylic acids is 1. The first-order valence-corrected chi connectivity index (χ1v) is 9.97. The normalized spacial score (nSPS) is 15.4. The van der Waals surface area contributed by atoms with Gasteiger partial charge in [0.25, 0.3) is 5.91 Å². The predicted molar refractivity (Wildman–Crippen MR) is 100 cm³/mol. The lowest BCUT2D eigenvalue weighted by atomic mass is 9.90. The molecule has 1 aromatic carbocycles. The van der Waals surface area contributed by atoms with E-state index in [0.717, 1.165) is 47.6 Å². The first kappa shape index (κ1) is 19.5. The largest absolute Gasteiger partial charge is 0.418 e. The van der Waals surface area contributed by atoms with Crippen LogP contribution in [0, 0.1) is 0 Å². The average molecular weight is 422 g/mol. The molecule has 1 fully saturated rings. The summed E-state index contributed by atoms with van der Waals surface area (Å²) in [5, 5.41) is 19.4. The molecule has 0 radical (unpaired) electrons. The van der Waals surface area contributed by atoms with Gasteiger partial charge in [0.2, 0.25) is 5.13 Å². The van der Waals surface area contributed by atoms with E-state index in [2.05, 4.69) is 25.8 Å². The van der Waals surface area contributed by atoms with E-state index >= 15 is 0 Å². The fourth-order valence-corrected chi connectivity index (χ4v) is 4.27. The van der Waals surface area contributed by atoms with Gasteiger partial charge in [-0.2, -0.15) is 13.2 Å². The maximum absolute atomic E-state index is 13.2. The number of rotatable bonds is 4. The molecule has 0 spiro atoms. The van der Waals surface area contributed by atoms with Gasteiger partial charge in [-0.05, 0) is 25.0 Å². The molecule has 1 aliphatic carbocycles. The third kappa shape index (κ3) is 4.29. The number of hydrogen-bond acceptors (Lipinski definition) is 6. The van der Waals surface area contributed by atoms with Crippen LogP contribution in [0.5, 0.6) is 0 Å². The van der Waals surface area contributed by atoms with Gasteiger partial charge in [-0.1, -0.05) is 47.9 Å². The van der Waals surface area contributed by atoms with Crippen molar-refractivity contribution >= 4 is 22.4 Å². The number of aromatic nitrogens is 5. The van der Waals surface area contributed by atoms with E-state index in [1.165, 1.54) is 36.0 Å². The lowest BCUT2D eigenvalue weighted by molar-refractivity contribution is -0.137. The molecule has 0 unspecified atom stereocenters. The Kier molecular flexibility index (Phi) is 5.31. The summed E-state index contributed by atoms with van der Waals surface area (Å²) in [4.78, 5) is 12.4. The van der Waals surface area contributed by atoms with Crippen LogP contribution in [0.3, 0.4) is 0 Å². The summed E-state index contributed by atoms with van der Waals surface area (Å²) >= 11 is 1.31. The molecule has 2 heterocycles. The van der Waals surface area contributed by atoms with Crippen LogP contribution in [0.15, 0.2) is 30.5 Å². The van der Waals surface area contributed by atoms with Crippen molar-refractivity contribution < 1.29 is 18.0 Å². The van der Waals surface area contributed by atoms with E-state index in [1.54, 1.807) is 0 Å². The van der Waals surface area contributed by atoms with Crippen molar-refractivity contribution in [3.63, 3.8) is 0 Å². The Bertz CT molecular complexity index is 1010. The number of halogens is 3. The molecule has 0 aliphatic heterocycles. The molecule has 7 nitrogen and oxygen atoms in total. The third-order valence-corrected chi connectivity index (χ3v) is 5.80. The molecular formula is C18H17F3N6OS. The van der Waals surface area contributed by atoms with Crippen molar-refractivity contribution in [2.45, 2.75) is 44.2 Å². The van der Waals surface area contributed by atoms with Crippen molar-refractivity contribution in [1.82, 2.24) is 25.2 Å². The second kappa shape index (κ2) is 7.90. The van der Waals surface area contributed by atoms with Crippen molar-refractivity contribution in [1.29, 1.82) is 0 Å². The van der Waals surface area contributed by atoms with Gasteiger partial charge in [0.1, 0.15) is 5.01 Å². The minimum absolute atomic E-state index is 0.114. The van der Waals surface area contributed by atoms with Gasteiger partial charge < -0.3 is 0 Å². The molecule has 2 aromatic heterocycles. The van der Waals surface area contributed by atoms with E-state index in [4.69, 9.17) is 0 Å². The Hall–Kier alpha value is -2.82. The molecule has 0 saturated heterocycles. The number of nitrogens with one attached hydrogen (secondary N) is 1. The zero-order valence-corrected chi connectivity index (χ0v) is 16.0. The zero-order valence-electron chi connectivity index (χ0n) is 15.2. The van der Waals surface area contributed by atoms with Gasteiger partial charge in [-0.3, -0.25) is 10.1 Å². The lowest BCUT2D eigenvalue weighted by Gasteiger charge is -2.18. The summed E-state index contributed by atoms with van der Waals surface area (Å²) in [5.41, 5.74) is -1.18. The van der Waals surface area contributed by atoms with Gasteiger partial charge in [0.05, 0.1) is 17.4 Å². The molecule has 0 atom stereocenters. The Morgan fingerprint density at radius 3 is 2.62 bits per heavy atom. The Balaban J connectivity index is 1.49. The van der Waals surface area contributed by atoms with E-state index in [-0.39, 0.29) is 11.4 Å². The molecule has 1 aliphatic rings.